The summed E-state index contributed by atoms with van der Waals surface area (Å²) in [5.74, 6) is 2.34. The van der Waals surface area contributed by atoms with Crippen molar-refractivity contribution in [2.45, 2.75) is 39.0 Å². The zero-order chi connectivity index (χ0) is 19.5. The molecule has 3 aromatic heterocycles. The van der Waals surface area contributed by atoms with Crippen molar-refractivity contribution in [2.24, 2.45) is 0 Å². The first-order chi connectivity index (χ1) is 13.4. The van der Waals surface area contributed by atoms with Gasteiger partial charge in [0.2, 0.25) is 5.91 Å². The van der Waals surface area contributed by atoms with E-state index in [1.165, 1.54) is 12.5 Å². The minimum absolute atomic E-state index is 0.139. The van der Waals surface area contributed by atoms with Crippen LogP contribution < -0.4 is 10.2 Å². The van der Waals surface area contributed by atoms with Gasteiger partial charge < -0.3 is 14.6 Å². The molecule has 8 heteroatoms. The maximum Gasteiger partial charge on any atom is 0.222 e. The van der Waals surface area contributed by atoms with Crippen molar-refractivity contribution in [3.8, 4) is 11.5 Å². The number of oxazole rings is 1. The van der Waals surface area contributed by atoms with Crippen molar-refractivity contribution in [3.05, 3.63) is 41.7 Å². The summed E-state index contributed by atoms with van der Waals surface area (Å²) in [6, 6.07) is 3.90. The number of carbonyl (C=O) groups is 1. The van der Waals surface area contributed by atoms with Gasteiger partial charge >= 0.3 is 0 Å². The number of nitrogens with zero attached hydrogens (tertiary/aromatic N) is 5. The van der Waals surface area contributed by atoms with Crippen LogP contribution in [0.3, 0.4) is 0 Å². The SMILES string of the molecule is CC(=O)Nc1cc2c(cn1)C1(CC1)CN2c1cc(C)nc(-c2coc(C)n2)n1. The molecule has 1 saturated carbocycles. The highest BCUT2D eigenvalue weighted by atomic mass is 16.3. The Kier molecular flexibility index (Phi) is 3.52. The average Bonchev–Trinajstić information content (AvgIpc) is 3.17. The Morgan fingerprint density at radius 2 is 2.04 bits per heavy atom. The number of fused-ring (bicyclic) bond motifs is 2. The van der Waals surface area contributed by atoms with Gasteiger partial charge in [-0.25, -0.2) is 19.9 Å². The van der Waals surface area contributed by atoms with Crippen LogP contribution in [0.1, 0.15) is 36.9 Å². The maximum atomic E-state index is 11.5. The number of anilines is 3. The summed E-state index contributed by atoms with van der Waals surface area (Å²) in [6.45, 7) is 6.07. The normalized spacial score (nSPS) is 16.3. The van der Waals surface area contributed by atoms with E-state index in [1.54, 1.807) is 13.2 Å². The summed E-state index contributed by atoms with van der Waals surface area (Å²) >= 11 is 0. The second-order valence-electron chi connectivity index (χ2n) is 7.58. The number of hydrogen-bond donors (Lipinski definition) is 1. The fourth-order valence-electron chi connectivity index (χ4n) is 3.85. The van der Waals surface area contributed by atoms with Gasteiger partial charge in [0.05, 0.1) is 5.69 Å². The van der Waals surface area contributed by atoms with Gasteiger partial charge in [-0.05, 0) is 19.8 Å². The number of amides is 1. The molecule has 142 valence electrons. The third kappa shape index (κ3) is 2.72. The van der Waals surface area contributed by atoms with Gasteiger partial charge in [0.15, 0.2) is 11.7 Å². The van der Waals surface area contributed by atoms with Crippen LogP contribution in [0.25, 0.3) is 11.5 Å². The Balaban J connectivity index is 1.59. The Morgan fingerprint density at radius 3 is 2.71 bits per heavy atom. The van der Waals surface area contributed by atoms with Crippen molar-refractivity contribution in [1.82, 2.24) is 19.9 Å². The molecule has 1 fully saturated rings. The second-order valence-corrected chi connectivity index (χ2v) is 7.58. The first-order valence-electron chi connectivity index (χ1n) is 9.27. The van der Waals surface area contributed by atoms with Gasteiger partial charge in [-0.2, -0.15) is 0 Å². The summed E-state index contributed by atoms with van der Waals surface area (Å²) < 4.78 is 5.32. The van der Waals surface area contributed by atoms with Gasteiger partial charge in [0.25, 0.3) is 0 Å². The van der Waals surface area contributed by atoms with E-state index in [0.29, 0.717) is 23.2 Å². The molecule has 0 aromatic carbocycles. The van der Waals surface area contributed by atoms with Crippen LogP contribution in [-0.2, 0) is 10.2 Å². The van der Waals surface area contributed by atoms with Crippen molar-refractivity contribution in [3.63, 3.8) is 0 Å². The van der Waals surface area contributed by atoms with Crippen LogP contribution in [0.5, 0.6) is 0 Å². The highest BCUT2D eigenvalue weighted by Crippen LogP contribution is 2.58. The van der Waals surface area contributed by atoms with E-state index >= 15 is 0 Å². The molecule has 0 radical (unpaired) electrons. The minimum Gasteiger partial charge on any atom is -0.449 e. The highest BCUT2D eigenvalue weighted by molar-refractivity contribution is 5.89. The van der Waals surface area contributed by atoms with Crippen LogP contribution in [-0.4, -0.2) is 32.4 Å². The zero-order valence-corrected chi connectivity index (χ0v) is 16.0. The molecule has 1 N–H and O–H groups in total. The van der Waals surface area contributed by atoms with E-state index in [1.807, 2.05) is 25.3 Å². The maximum absolute atomic E-state index is 11.5. The molecule has 2 aliphatic rings. The fraction of sp³-hybridized carbons (Fsp3) is 0.350. The molecule has 4 heterocycles. The predicted octanol–water partition coefficient (Wildman–Crippen LogP) is 3.29. The molecule has 1 aliphatic carbocycles. The van der Waals surface area contributed by atoms with Crippen molar-refractivity contribution < 1.29 is 9.21 Å². The van der Waals surface area contributed by atoms with Gasteiger partial charge in [-0.3, -0.25) is 4.79 Å². The number of rotatable bonds is 3. The predicted molar refractivity (Wildman–Crippen MR) is 103 cm³/mol. The number of hydrogen-bond acceptors (Lipinski definition) is 7. The largest absolute Gasteiger partial charge is 0.449 e. The lowest BCUT2D eigenvalue weighted by Crippen LogP contribution is -2.20. The Morgan fingerprint density at radius 1 is 1.21 bits per heavy atom. The molecule has 0 unspecified atom stereocenters. The first kappa shape index (κ1) is 16.9. The van der Waals surface area contributed by atoms with Crippen LogP contribution in [0.4, 0.5) is 17.3 Å². The summed E-state index contributed by atoms with van der Waals surface area (Å²) in [7, 11) is 0. The quantitative estimate of drug-likeness (QED) is 0.749. The third-order valence-electron chi connectivity index (χ3n) is 5.33. The summed E-state index contributed by atoms with van der Waals surface area (Å²) in [4.78, 5) is 31.7. The van der Waals surface area contributed by atoms with E-state index in [2.05, 4.69) is 25.2 Å². The Bertz CT molecular complexity index is 1100. The van der Waals surface area contributed by atoms with Crippen molar-refractivity contribution >= 4 is 23.2 Å². The molecule has 1 amide bonds. The van der Waals surface area contributed by atoms with Gasteiger partial charge in [-0.1, -0.05) is 0 Å². The van der Waals surface area contributed by atoms with E-state index in [4.69, 9.17) is 9.40 Å². The molecule has 3 aromatic rings. The monoisotopic (exact) mass is 376 g/mol. The van der Waals surface area contributed by atoms with Crippen LogP contribution in [0.2, 0.25) is 0 Å². The fourth-order valence-corrected chi connectivity index (χ4v) is 3.85. The molecule has 28 heavy (non-hydrogen) atoms. The van der Waals surface area contributed by atoms with Gasteiger partial charge in [0.1, 0.15) is 23.6 Å². The molecule has 1 spiro atoms. The molecule has 0 atom stereocenters. The number of pyridine rings is 1. The molecule has 1 aliphatic heterocycles. The highest BCUT2D eigenvalue weighted by Gasteiger charge is 2.52. The minimum atomic E-state index is -0.139. The lowest BCUT2D eigenvalue weighted by Gasteiger charge is -2.20. The summed E-state index contributed by atoms with van der Waals surface area (Å²) in [6.07, 6.45) is 5.74. The van der Waals surface area contributed by atoms with E-state index < -0.39 is 0 Å². The molecule has 0 bridgehead atoms. The van der Waals surface area contributed by atoms with Crippen molar-refractivity contribution in [2.75, 3.05) is 16.8 Å². The second kappa shape index (κ2) is 5.85. The molecule has 8 nitrogen and oxygen atoms in total. The van der Waals surface area contributed by atoms with Gasteiger partial charge in [-0.15, -0.1) is 0 Å². The van der Waals surface area contributed by atoms with Crippen LogP contribution >= 0.6 is 0 Å². The Hall–Kier alpha value is -3.29. The van der Waals surface area contributed by atoms with Crippen LogP contribution in [0.15, 0.2) is 29.0 Å². The number of aryl methyl sites for hydroxylation is 2. The molecular formula is C20H20N6O2. The third-order valence-corrected chi connectivity index (χ3v) is 5.33. The zero-order valence-electron chi connectivity index (χ0n) is 16.0. The number of aromatic nitrogens is 4. The van der Waals surface area contributed by atoms with E-state index in [-0.39, 0.29) is 11.3 Å². The number of carbonyl (C=O) groups excluding carboxylic acids is 1. The first-order valence-corrected chi connectivity index (χ1v) is 9.27. The summed E-state index contributed by atoms with van der Waals surface area (Å²) in [5, 5.41) is 2.77. The lowest BCUT2D eigenvalue weighted by molar-refractivity contribution is -0.114. The molecular weight excluding hydrogens is 356 g/mol. The Labute approximate surface area is 162 Å². The average molecular weight is 376 g/mol. The number of nitrogens with one attached hydrogen (secondary N) is 1. The van der Waals surface area contributed by atoms with Gasteiger partial charge in [0, 0.05) is 55.4 Å². The smallest absolute Gasteiger partial charge is 0.222 e. The van der Waals surface area contributed by atoms with Crippen LogP contribution in [0, 0.1) is 13.8 Å². The molecule has 5 rings (SSSR count). The summed E-state index contributed by atoms with van der Waals surface area (Å²) in [5.41, 5.74) is 3.88. The van der Waals surface area contributed by atoms with E-state index in [9.17, 15) is 4.79 Å². The topological polar surface area (TPSA) is 97.0 Å². The van der Waals surface area contributed by atoms with E-state index in [0.717, 1.165) is 36.6 Å². The van der Waals surface area contributed by atoms with Crippen molar-refractivity contribution in [1.29, 1.82) is 0 Å². The molecule has 0 saturated heterocycles. The lowest BCUT2D eigenvalue weighted by atomic mass is 10.0. The standard InChI is InChI=1S/C20H20N6O2/c1-11-6-18(25-19(22-11)15-9-28-13(3)24-15)26-10-20(4-5-20)14-8-21-17(7-16(14)26)23-12(2)27/h6-9H,4-5,10H2,1-3H3,(H,21,23,27).